The third-order valence-corrected chi connectivity index (χ3v) is 8.21. The summed E-state index contributed by atoms with van der Waals surface area (Å²) in [4.78, 5) is 31.2. The summed E-state index contributed by atoms with van der Waals surface area (Å²) in [6.07, 6.45) is 9.78. The molecule has 1 aromatic heterocycles. The number of likely N-dealkylation sites (tertiary alicyclic amines) is 2. The van der Waals surface area contributed by atoms with E-state index in [1.807, 2.05) is 19.2 Å². The van der Waals surface area contributed by atoms with E-state index < -0.39 is 0 Å². The molecular formula is C26H34N4O2. The molecule has 3 fully saturated rings. The van der Waals surface area contributed by atoms with E-state index >= 15 is 0 Å². The van der Waals surface area contributed by atoms with Gasteiger partial charge in [-0.2, -0.15) is 5.10 Å². The van der Waals surface area contributed by atoms with Crippen molar-refractivity contribution in [1.82, 2.24) is 19.6 Å². The van der Waals surface area contributed by atoms with E-state index in [1.165, 1.54) is 5.56 Å². The van der Waals surface area contributed by atoms with E-state index in [-0.39, 0.29) is 47.9 Å². The van der Waals surface area contributed by atoms with Crippen molar-refractivity contribution >= 4 is 11.8 Å². The zero-order chi connectivity index (χ0) is 22.5. The molecule has 2 saturated heterocycles. The van der Waals surface area contributed by atoms with Gasteiger partial charge >= 0.3 is 0 Å². The van der Waals surface area contributed by atoms with Crippen LogP contribution in [0.4, 0.5) is 0 Å². The normalized spacial score (nSPS) is 31.5. The van der Waals surface area contributed by atoms with Gasteiger partial charge in [-0.1, -0.05) is 50.1 Å². The molecule has 5 rings (SSSR count). The summed E-state index contributed by atoms with van der Waals surface area (Å²) in [5.41, 5.74) is 2.24. The van der Waals surface area contributed by atoms with Crippen LogP contribution >= 0.6 is 0 Å². The lowest BCUT2D eigenvalue weighted by Crippen LogP contribution is -2.61. The van der Waals surface area contributed by atoms with E-state index in [2.05, 4.69) is 46.1 Å². The van der Waals surface area contributed by atoms with Crippen molar-refractivity contribution in [3.05, 3.63) is 53.9 Å². The number of nitrogens with zero attached hydrogens (tertiary/aromatic N) is 4. The lowest BCUT2D eigenvalue weighted by molar-refractivity contribution is -0.143. The minimum absolute atomic E-state index is 0.0133. The van der Waals surface area contributed by atoms with Crippen molar-refractivity contribution in [1.29, 1.82) is 0 Å². The van der Waals surface area contributed by atoms with Gasteiger partial charge < -0.3 is 9.80 Å². The Kier molecular flexibility index (Phi) is 5.34. The Balaban J connectivity index is 1.55. The highest BCUT2D eigenvalue weighted by atomic mass is 16.2. The van der Waals surface area contributed by atoms with Crippen LogP contribution in [0.15, 0.2) is 42.7 Å². The number of amides is 2. The third kappa shape index (κ3) is 3.44. The maximum absolute atomic E-state index is 13.8. The van der Waals surface area contributed by atoms with Gasteiger partial charge in [0.2, 0.25) is 11.8 Å². The van der Waals surface area contributed by atoms with Crippen LogP contribution in [0.2, 0.25) is 0 Å². The predicted molar refractivity (Wildman–Crippen MR) is 123 cm³/mol. The van der Waals surface area contributed by atoms with Gasteiger partial charge in [0.1, 0.15) is 6.54 Å². The first-order valence-electron chi connectivity index (χ1n) is 12.0. The highest BCUT2D eigenvalue weighted by Gasteiger charge is 2.63. The van der Waals surface area contributed by atoms with Crippen molar-refractivity contribution in [3.8, 4) is 0 Å². The average molecular weight is 435 g/mol. The third-order valence-electron chi connectivity index (χ3n) is 8.21. The van der Waals surface area contributed by atoms with Crippen molar-refractivity contribution in [3.63, 3.8) is 0 Å². The van der Waals surface area contributed by atoms with E-state index in [4.69, 9.17) is 0 Å². The topological polar surface area (TPSA) is 58.4 Å². The number of piperidine rings is 1. The van der Waals surface area contributed by atoms with Crippen LogP contribution < -0.4 is 0 Å². The van der Waals surface area contributed by atoms with Gasteiger partial charge in [-0.25, -0.2) is 0 Å². The maximum Gasteiger partial charge on any atom is 0.244 e. The second kappa shape index (κ2) is 8.05. The Morgan fingerprint density at radius 3 is 2.41 bits per heavy atom. The highest BCUT2D eigenvalue weighted by molar-refractivity contribution is 5.79. The van der Waals surface area contributed by atoms with E-state index in [0.717, 1.165) is 44.1 Å². The van der Waals surface area contributed by atoms with Crippen molar-refractivity contribution in [2.45, 2.75) is 90.0 Å². The van der Waals surface area contributed by atoms with Gasteiger partial charge in [-0.05, 0) is 43.7 Å². The quantitative estimate of drug-likeness (QED) is 0.739. The second-order valence-corrected chi connectivity index (χ2v) is 10.3. The molecular weight excluding hydrogens is 400 g/mol. The fourth-order valence-corrected chi connectivity index (χ4v) is 6.94. The molecule has 2 aliphatic heterocycles. The van der Waals surface area contributed by atoms with Crippen LogP contribution in [0, 0.1) is 12.3 Å². The van der Waals surface area contributed by atoms with E-state index in [1.54, 1.807) is 17.8 Å². The number of benzene rings is 1. The van der Waals surface area contributed by atoms with Gasteiger partial charge in [-0.3, -0.25) is 14.3 Å². The molecule has 3 heterocycles. The Hall–Kier alpha value is -2.63. The fraction of sp³-hybridized carbons (Fsp3) is 0.577. The molecule has 0 spiro atoms. The first-order valence-corrected chi connectivity index (χ1v) is 12.0. The Morgan fingerprint density at radius 2 is 1.78 bits per heavy atom. The van der Waals surface area contributed by atoms with Crippen LogP contribution in [0.25, 0.3) is 0 Å². The number of aryl methyl sites for hydroxylation is 1. The highest BCUT2D eigenvalue weighted by Crippen LogP contribution is 2.55. The Labute approximate surface area is 190 Å². The second-order valence-electron chi connectivity index (χ2n) is 10.3. The number of fused-ring (bicyclic) bond motifs is 1. The van der Waals surface area contributed by atoms with Crippen LogP contribution in [-0.2, 0) is 22.6 Å². The fourth-order valence-electron chi connectivity index (χ4n) is 6.94. The summed E-state index contributed by atoms with van der Waals surface area (Å²) in [5, 5.41) is 4.36. The summed E-state index contributed by atoms with van der Waals surface area (Å²) in [7, 11) is 0. The molecule has 6 nitrogen and oxygen atoms in total. The van der Waals surface area contributed by atoms with E-state index in [0.29, 0.717) is 0 Å². The molecule has 1 aliphatic carbocycles. The summed E-state index contributed by atoms with van der Waals surface area (Å²) < 4.78 is 1.76. The summed E-state index contributed by atoms with van der Waals surface area (Å²) >= 11 is 0. The molecule has 6 heteroatoms. The van der Waals surface area contributed by atoms with Gasteiger partial charge in [0.25, 0.3) is 0 Å². The van der Waals surface area contributed by atoms with Crippen LogP contribution in [0.5, 0.6) is 0 Å². The number of hydrogen-bond acceptors (Lipinski definition) is 3. The van der Waals surface area contributed by atoms with Gasteiger partial charge in [0, 0.05) is 30.6 Å². The zero-order valence-electron chi connectivity index (χ0n) is 19.4. The largest absolute Gasteiger partial charge is 0.334 e. The van der Waals surface area contributed by atoms with Crippen molar-refractivity contribution in [2.24, 2.45) is 5.41 Å². The van der Waals surface area contributed by atoms with Crippen LogP contribution in [0.1, 0.15) is 57.1 Å². The minimum Gasteiger partial charge on any atom is -0.334 e. The average Bonchev–Trinajstić information content (AvgIpc) is 3.22. The first kappa shape index (κ1) is 21.2. The summed E-state index contributed by atoms with van der Waals surface area (Å²) in [5.74, 6) is 0.278. The molecule has 170 valence electrons. The number of aromatic nitrogens is 2. The number of carbonyl (C=O) groups is 2. The molecule has 2 bridgehead atoms. The van der Waals surface area contributed by atoms with Gasteiger partial charge in [0.05, 0.1) is 18.3 Å². The van der Waals surface area contributed by atoms with Crippen molar-refractivity contribution in [2.75, 3.05) is 0 Å². The molecule has 32 heavy (non-hydrogen) atoms. The zero-order valence-corrected chi connectivity index (χ0v) is 19.4. The molecule has 0 unspecified atom stereocenters. The smallest absolute Gasteiger partial charge is 0.244 e. The molecule has 1 saturated carbocycles. The van der Waals surface area contributed by atoms with Crippen molar-refractivity contribution < 1.29 is 9.59 Å². The molecule has 5 atom stereocenters. The lowest BCUT2D eigenvalue weighted by Gasteiger charge is -2.50. The monoisotopic (exact) mass is 434 g/mol. The maximum atomic E-state index is 13.8. The standard InChI is InChI=1S/C26H34N4O2/c1-18-15-27-28(16-18)17-25(32)30-22-14-26(3)23(11-7-8-12-24(26)30)29(19(2)31)21(22)13-20-9-5-4-6-10-20/h4-6,9-10,15-16,21-24H,7-8,11-14,17H2,1-3H3/t21-,22+,23-,24+,26-/m1/s1. The van der Waals surface area contributed by atoms with E-state index in [9.17, 15) is 9.59 Å². The van der Waals surface area contributed by atoms with Gasteiger partial charge in [0.15, 0.2) is 0 Å². The number of rotatable bonds is 4. The molecule has 3 aliphatic rings. The lowest BCUT2D eigenvalue weighted by atomic mass is 9.69. The van der Waals surface area contributed by atoms with Crippen LogP contribution in [0.3, 0.4) is 0 Å². The number of carbonyl (C=O) groups excluding carboxylic acids is 2. The number of hydrogen-bond donors (Lipinski definition) is 0. The minimum atomic E-state index is -0.0459. The Morgan fingerprint density at radius 1 is 1.09 bits per heavy atom. The predicted octanol–water partition coefficient (Wildman–Crippen LogP) is 3.58. The molecule has 0 N–H and O–H groups in total. The summed E-state index contributed by atoms with van der Waals surface area (Å²) in [6.45, 7) is 6.31. The molecule has 0 radical (unpaired) electrons. The van der Waals surface area contributed by atoms with Gasteiger partial charge in [-0.15, -0.1) is 0 Å². The summed E-state index contributed by atoms with van der Waals surface area (Å²) in [6, 6.07) is 10.9. The Bertz CT molecular complexity index is 1000. The molecule has 2 amide bonds. The SMILES string of the molecule is CC(=O)N1[C@H](Cc2ccccc2)[C@@H]2C[C@@]3(C)[C@H](CCCC[C@@H]13)N2C(=O)Cn1cc(C)cn1. The molecule has 1 aromatic carbocycles. The first-order chi connectivity index (χ1) is 15.4. The molecule has 2 aromatic rings. The van der Waals surface area contributed by atoms with Crippen LogP contribution in [-0.4, -0.2) is 55.6 Å².